The zero-order valence-corrected chi connectivity index (χ0v) is 9.25. The molecule has 1 fully saturated rings. The molecule has 1 aliphatic rings. The molecule has 13 heavy (non-hydrogen) atoms. The Balaban J connectivity index is 2.25. The molecule has 0 bridgehead atoms. The molecule has 0 unspecified atom stereocenters. The van der Waals surface area contributed by atoms with E-state index in [1.54, 1.807) is 11.8 Å². The normalized spacial score (nSPS) is 16.7. The third-order valence-electron chi connectivity index (χ3n) is 1.90. The summed E-state index contributed by atoms with van der Waals surface area (Å²) in [4.78, 5) is 2.14. The lowest BCUT2D eigenvalue weighted by atomic mass is 10.3. The second kappa shape index (κ2) is 3.86. The standard InChI is InChI=1S/C9H8ClNS2/c10-7-1-3-8(4-2-7)11-5-6-13-9(11)12/h1-4H,5-6H2. The SMILES string of the molecule is S=C1SCCN1c1ccc(Cl)cc1. The van der Waals surface area contributed by atoms with Crippen LogP contribution in [-0.4, -0.2) is 16.6 Å². The smallest absolute Gasteiger partial charge is 0.140 e. The molecule has 0 atom stereocenters. The summed E-state index contributed by atoms with van der Waals surface area (Å²) in [5, 5.41) is 0.765. The van der Waals surface area contributed by atoms with Crippen LogP contribution in [0.3, 0.4) is 0 Å². The Morgan fingerprint density at radius 3 is 2.54 bits per heavy atom. The van der Waals surface area contributed by atoms with Crippen LogP contribution in [0.2, 0.25) is 5.02 Å². The van der Waals surface area contributed by atoms with Crippen molar-refractivity contribution in [3.63, 3.8) is 0 Å². The third kappa shape index (κ3) is 1.98. The first-order chi connectivity index (χ1) is 6.27. The highest BCUT2D eigenvalue weighted by molar-refractivity contribution is 8.23. The zero-order chi connectivity index (χ0) is 9.26. The minimum absolute atomic E-state index is 0.765. The maximum atomic E-state index is 5.80. The summed E-state index contributed by atoms with van der Waals surface area (Å²) in [7, 11) is 0. The van der Waals surface area contributed by atoms with Crippen molar-refractivity contribution in [1.82, 2.24) is 0 Å². The van der Waals surface area contributed by atoms with Gasteiger partial charge < -0.3 is 4.90 Å². The van der Waals surface area contributed by atoms with E-state index in [0.29, 0.717) is 0 Å². The van der Waals surface area contributed by atoms with Crippen molar-refractivity contribution in [3.05, 3.63) is 29.3 Å². The molecule has 1 aromatic carbocycles. The number of hydrogen-bond donors (Lipinski definition) is 0. The van der Waals surface area contributed by atoms with E-state index in [-0.39, 0.29) is 0 Å². The molecule has 1 saturated heterocycles. The first-order valence-electron chi connectivity index (χ1n) is 3.97. The quantitative estimate of drug-likeness (QED) is 0.681. The van der Waals surface area contributed by atoms with E-state index < -0.39 is 0 Å². The van der Waals surface area contributed by atoms with Crippen LogP contribution in [0.5, 0.6) is 0 Å². The number of thioether (sulfide) groups is 1. The Hall–Kier alpha value is -0.250. The number of thiocarbonyl (C=S) groups is 1. The minimum Gasteiger partial charge on any atom is -0.326 e. The number of halogens is 1. The van der Waals surface area contributed by atoms with Crippen molar-refractivity contribution in [2.75, 3.05) is 17.2 Å². The Bertz CT molecular complexity index is 323. The van der Waals surface area contributed by atoms with Crippen LogP contribution in [-0.2, 0) is 0 Å². The lowest BCUT2D eigenvalue weighted by molar-refractivity contribution is 1.12. The summed E-state index contributed by atoms with van der Waals surface area (Å²) in [6.07, 6.45) is 0. The van der Waals surface area contributed by atoms with E-state index in [2.05, 4.69) is 4.90 Å². The van der Waals surface area contributed by atoms with Crippen LogP contribution in [0.25, 0.3) is 0 Å². The van der Waals surface area contributed by atoms with Gasteiger partial charge in [-0.2, -0.15) is 0 Å². The van der Waals surface area contributed by atoms with Crippen LogP contribution in [0.15, 0.2) is 24.3 Å². The molecule has 1 heterocycles. The second-order valence-electron chi connectivity index (χ2n) is 2.74. The summed E-state index contributed by atoms with van der Waals surface area (Å²) in [5.41, 5.74) is 1.14. The summed E-state index contributed by atoms with van der Waals surface area (Å²) >= 11 is 12.7. The van der Waals surface area contributed by atoms with E-state index in [1.807, 2.05) is 24.3 Å². The first-order valence-corrected chi connectivity index (χ1v) is 5.74. The van der Waals surface area contributed by atoms with Crippen molar-refractivity contribution >= 4 is 45.6 Å². The number of anilines is 1. The summed E-state index contributed by atoms with van der Waals surface area (Å²) in [5.74, 6) is 1.08. The van der Waals surface area contributed by atoms with Gasteiger partial charge in [-0.15, -0.1) is 0 Å². The van der Waals surface area contributed by atoms with Gasteiger partial charge in [-0.1, -0.05) is 35.6 Å². The summed E-state index contributed by atoms with van der Waals surface area (Å²) in [6.45, 7) is 1.01. The van der Waals surface area contributed by atoms with Gasteiger partial charge in [-0.25, -0.2) is 0 Å². The van der Waals surface area contributed by atoms with E-state index in [9.17, 15) is 0 Å². The zero-order valence-electron chi connectivity index (χ0n) is 6.87. The fourth-order valence-corrected chi connectivity index (χ4v) is 2.62. The highest BCUT2D eigenvalue weighted by Gasteiger charge is 2.18. The van der Waals surface area contributed by atoms with Crippen molar-refractivity contribution < 1.29 is 0 Å². The van der Waals surface area contributed by atoms with Gasteiger partial charge >= 0.3 is 0 Å². The highest BCUT2D eigenvalue weighted by atomic mass is 35.5. The van der Waals surface area contributed by atoms with Gasteiger partial charge in [-0.3, -0.25) is 0 Å². The van der Waals surface area contributed by atoms with Crippen molar-refractivity contribution in [1.29, 1.82) is 0 Å². The van der Waals surface area contributed by atoms with E-state index in [0.717, 1.165) is 27.3 Å². The fraction of sp³-hybridized carbons (Fsp3) is 0.222. The van der Waals surface area contributed by atoms with Crippen LogP contribution in [0.1, 0.15) is 0 Å². The molecule has 0 aromatic heterocycles. The molecule has 0 aliphatic carbocycles. The van der Waals surface area contributed by atoms with Gasteiger partial charge in [0.1, 0.15) is 4.32 Å². The minimum atomic E-state index is 0.765. The van der Waals surface area contributed by atoms with Crippen LogP contribution in [0, 0.1) is 0 Å². The van der Waals surface area contributed by atoms with Gasteiger partial charge in [0.05, 0.1) is 0 Å². The molecule has 4 heteroatoms. The molecule has 1 aromatic rings. The Morgan fingerprint density at radius 1 is 1.31 bits per heavy atom. The van der Waals surface area contributed by atoms with Crippen LogP contribution in [0.4, 0.5) is 5.69 Å². The lowest BCUT2D eigenvalue weighted by Gasteiger charge is -2.16. The van der Waals surface area contributed by atoms with E-state index in [1.165, 1.54) is 0 Å². The molecule has 2 rings (SSSR count). The maximum absolute atomic E-state index is 5.80. The average Bonchev–Trinajstić information content (AvgIpc) is 2.53. The fourth-order valence-electron chi connectivity index (χ4n) is 1.25. The molecule has 1 aliphatic heterocycles. The number of nitrogens with zero attached hydrogens (tertiary/aromatic N) is 1. The predicted molar refractivity (Wildman–Crippen MR) is 63.9 cm³/mol. The number of benzene rings is 1. The van der Waals surface area contributed by atoms with E-state index in [4.69, 9.17) is 23.8 Å². The number of rotatable bonds is 1. The third-order valence-corrected chi connectivity index (χ3v) is 3.58. The average molecular weight is 230 g/mol. The van der Waals surface area contributed by atoms with Gasteiger partial charge in [0.25, 0.3) is 0 Å². The van der Waals surface area contributed by atoms with Gasteiger partial charge in [0.2, 0.25) is 0 Å². The topological polar surface area (TPSA) is 3.24 Å². The van der Waals surface area contributed by atoms with Gasteiger partial charge in [0.15, 0.2) is 0 Å². The largest absolute Gasteiger partial charge is 0.326 e. The molecule has 0 saturated carbocycles. The van der Waals surface area contributed by atoms with Crippen molar-refractivity contribution in [3.8, 4) is 0 Å². The van der Waals surface area contributed by atoms with Crippen molar-refractivity contribution in [2.24, 2.45) is 0 Å². The molecule has 0 radical (unpaired) electrons. The first kappa shape index (κ1) is 9.31. The van der Waals surface area contributed by atoms with Crippen molar-refractivity contribution in [2.45, 2.75) is 0 Å². The highest BCUT2D eigenvalue weighted by Crippen LogP contribution is 2.26. The monoisotopic (exact) mass is 229 g/mol. The molecule has 1 nitrogen and oxygen atoms in total. The molecule has 0 N–H and O–H groups in total. The van der Waals surface area contributed by atoms with Gasteiger partial charge in [0, 0.05) is 23.0 Å². The summed E-state index contributed by atoms with van der Waals surface area (Å²) in [6, 6.07) is 7.78. The molecular weight excluding hydrogens is 222 g/mol. The Morgan fingerprint density at radius 2 is 2.00 bits per heavy atom. The predicted octanol–water partition coefficient (Wildman–Crippen LogP) is 3.18. The Kier molecular flexibility index (Phi) is 2.77. The lowest BCUT2D eigenvalue weighted by Crippen LogP contribution is -2.21. The Labute approximate surface area is 92.1 Å². The molecular formula is C9H8ClNS2. The van der Waals surface area contributed by atoms with Crippen LogP contribution >= 0.6 is 35.6 Å². The maximum Gasteiger partial charge on any atom is 0.140 e. The van der Waals surface area contributed by atoms with E-state index >= 15 is 0 Å². The van der Waals surface area contributed by atoms with Crippen LogP contribution < -0.4 is 4.90 Å². The molecule has 0 spiro atoms. The summed E-state index contributed by atoms with van der Waals surface area (Å²) < 4.78 is 0.960. The molecule has 68 valence electrons. The van der Waals surface area contributed by atoms with Gasteiger partial charge in [-0.05, 0) is 24.3 Å². The molecule has 0 amide bonds. The number of hydrogen-bond acceptors (Lipinski definition) is 2. The second-order valence-corrected chi connectivity index (χ2v) is 4.91.